The molecule has 2 amide bonds. The third-order valence-corrected chi connectivity index (χ3v) is 4.51. The standard InChI is InChI=1S/C20H20ClN3O3/c1-12(25)23-18(9-13-11-22-17-6-4-3-5-15(13)17)20(26)24-14-7-8-19(27-2)16(21)10-14/h3-8,10-11,18,22H,9H2,1-2H3,(H,23,25)(H,24,26). The number of halogens is 1. The molecule has 3 rings (SSSR count). The summed E-state index contributed by atoms with van der Waals surface area (Å²) in [6.45, 7) is 1.39. The number of aromatic amines is 1. The lowest BCUT2D eigenvalue weighted by Gasteiger charge is -2.18. The predicted octanol–water partition coefficient (Wildman–Crippen LogP) is 3.52. The number of fused-ring (bicyclic) bond motifs is 1. The number of ether oxygens (including phenoxy) is 1. The number of anilines is 1. The zero-order valence-electron chi connectivity index (χ0n) is 15.0. The molecular weight excluding hydrogens is 366 g/mol. The minimum absolute atomic E-state index is 0.275. The van der Waals surface area contributed by atoms with Gasteiger partial charge in [0.15, 0.2) is 0 Å². The van der Waals surface area contributed by atoms with Crippen molar-refractivity contribution in [1.29, 1.82) is 0 Å². The Bertz CT molecular complexity index is 984. The van der Waals surface area contributed by atoms with Crippen molar-refractivity contribution < 1.29 is 14.3 Å². The summed E-state index contributed by atoms with van der Waals surface area (Å²) in [5, 5.41) is 6.93. The van der Waals surface area contributed by atoms with E-state index in [0.717, 1.165) is 16.5 Å². The van der Waals surface area contributed by atoms with Gasteiger partial charge in [0.1, 0.15) is 11.8 Å². The van der Waals surface area contributed by atoms with E-state index in [-0.39, 0.29) is 11.8 Å². The van der Waals surface area contributed by atoms with Gasteiger partial charge >= 0.3 is 0 Å². The van der Waals surface area contributed by atoms with Crippen molar-refractivity contribution in [2.45, 2.75) is 19.4 Å². The zero-order chi connectivity index (χ0) is 19.4. The molecule has 7 heteroatoms. The number of carbonyl (C=O) groups excluding carboxylic acids is 2. The maximum atomic E-state index is 12.8. The summed E-state index contributed by atoms with van der Waals surface area (Å²) in [6.07, 6.45) is 2.22. The summed E-state index contributed by atoms with van der Waals surface area (Å²) < 4.78 is 5.11. The van der Waals surface area contributed by atoms with Crippen LogP contribution < -0.4 is 15.4 Å². The number of carbonyl (C=O) groups is 2. The van der Waals surface area contributed by atoms with E-state index in [1.165, 1.54) is 14.0 Å². The SMILES string of the molecule is COc1ccc(NC(=O)C(Cc2c[nH]c3ccccc23)NC(C)=O)cc1Cl. The van der Waals surface area contributed by atoms with Crippen LogP contribution in [0.3, 0.4) is 0 Å². The van der Waals surface area contributed by atoms with Gasteiger partial charge in [0.2, 0.25) is 11.8 Å². The number of hydrogen-bond donors (Lipinski definition) is 3. The highest BCUT2D eigenvalue weighted by Crippen LogP contribution is 2.27. The van der Waals surface area contributed by atoms with E-state index in [2.05, 4.69) is 15.6 Å². The van der Waals surface area contributed by atoms with Crippen molar-refractivity contribution in [2.24, 2.45) is 0 Å². The van der Waals surface area contributed by atoms with Gasteiger partial charge in [0.25, 0.3) is 0 Å². The molecule has 140 valence electrons. The molecule has 0 aliphatic rings. The molecule has 2 aromatic carbocycles. The molecule has 3 N–H and O–H groups in total. The first-order chi connectivity index (χ1) is 13.0. The number of nitrogens with one attached hydrogen (secondary N) is 3. The highest BCUT2D eigenvalue weighted by Gasteiger charge is 2.22. The molecule has 0 spiro atoms. The van der Waals surface area contributed by atoms with Gasteiger partial charge in [-0.2, -0.15) is 0 Å². The van der Waals surface area contributed by atoms with E-state index in [4.69, 9.17) is 16.3 Å². The van der Waals surface area contributed by atoms with Crippen LogP contribution in [0, 0.1) is 0 Å². The predicted molar refractivity (Wildman–Crippen MR) is 106 cm³/mol. The Labute approximate surface area is 161 Å². The zero-order valence-corrected chi connectivity index (χ0v) is 15.8. The van der Waals surface area contributed by atoms with Gasteiger partial charge in [-0.15, -0.1) is 0 Å². The number of H-pyrrole nitrogens is 1. The Balaban J connectivity index is 1.80. The lowest BCUT2D eigenvalue weighted by molar-refractivity contribution is -0.125. The molecule has 0 bridgehead atoms. The second kappa shape index (κ2) is 8.14. The fraction of sp³-hybridized carbons (Fsp3) is 0.200. The molecule has 1 unspecified atom stereocenters. The van der Waals surface area contributed by atoms with Crippen molar-refractivity contribution in [2.75, 3.05) is 12.4 Å². The monoisotopic (exact) mass is 385 g/mol. The first-order valence-electron chi connectivity index (χ1n) is 8.44. The molecule has 1 heterocycles. The molecule has 1 aromatic heterocycles. The summed E-state index contributed by atoms with van der Waals surface area (Å²) >= 11 is 6.11. The van der Waals surface area contributed by atoms with E-state index in [9.17, 15) is 9.59 Å². The molecule has 1 atom stereocenters. The van der Waals surface area contributed by atoms with Crippen LogP contribution >= 0.6 is 11.6 Å². The minimum atomic E-state index is -0.720. The number of para-hydroxylation sites is 1. The molecule has 6 nitrogen and oxygen atoms in total. The number of hydrogen-bond acceptors (Lipinski definition) is 3. The first-order valence-corrected chi connectivity index (χ1v) is 8.82. The largest absolute Gasteiger partial charge is 0.495 e. The van der Waals surface area contributed by atoms with Crippen LogP contribution in [-0.2, 0) is 16.0 Å². The molecule has 0 saturated carbocycles. The number of benzene rings is 2. The van der Waals surface area contributed by atoms with Crippen molar-refractivity contribution in [3.63, 3.8) is 0 Å². The van der Waals surface area contributed by atoms with Gasteiger partial charge in [0.05, 0.1) is 12.1 Å². The van der Waals surface area contributed by atoms with E-state index in [1.807, 2.05) is 30.5 Å². The van der Waals surface area contributed by atoms with Crippen LogP contribution in [-0.4, -0.2) is 29.9 Å². The maximum Gasteiger partial charge on any atom is 0.247 e. The van der Waals surface area contributed by atoms with Crippen molar-refractivity contribution in [3.8, 4) is 5.75 Å². The van der Waals surface area contributed by atoms with E-state index in [1.54, 1.807) is 18.2 Å². The van der Waals surface area contributed by atoms with Crippen LogP contribution in [0.25, 0.3) is 10.9 Å². The third kappa shape index (κ3) is 4.41. The Morgan fingerprint density at radius 2 is 2.00 bits per heavy atom. The van der Waals surface area contributed by atoms with Gasteiger partial charge in [-0.25, -0.2) is 0 Å². The molecule has 27 heavy (non-hydrogen) atoms. The Morgan fingerprint density at radius 1 is 1.22 bits per heavy atom. The van der Waals surface area contributed by atoms with Crippen molar-refractivity contribution >= 4 is 40.0 Å². The van der Waals surface area contributed by atoms with Crippen LogP contribution in [0.2, 0.25) is 5.02 Å². The smallest absolute Gasteiger partial charge is 0.247 e. The maximum absolute atomic E-state index is 12.8. The second-order valence-corrected chi connectivity index (χ2v) is 6.56. The lowest BCUT2D eigenvalue weighted by atomic mass is 10.0. The fourth-order valence-electron chi connectivity index (χ4n) is 2.95. The number of aromatic nitrogens is 1. The van der Waals surface area contributed by atoms with Gasteiger partial charge in [0, 0.05) is 36.1 Å². The molecule has 0 aliphatic heterocycles. The summed E-state index contributed by atoms with van der Waals surface area (Å²) in [4.78, 5) is 27.5. The highest BCUT2D eigenvalue weighted by atomic mass is 35.5. The van der Waals surface area contributed by atoms with Gasteiger partial charge < -0.3 is 20.4 Å². The summed E-state index contributed by atoms with van der Waals surface area (Å²) in [5.74, 6) is -0.0775. The number of rotatable bonds is 6. The molecule has 0 saturated heterocycles. The van der Waals surface area contributed by atoms with Crippen LogP contribution in [0.5, 0.6) is 5.75 Å². The lowest BCUT2D eigenvalue weighted by Crippen LogP contribution is -2.44. The van der Waals surface area contributed by atoms with Gasteiger partial charge in [-0.3, -0.25) is 9.59 Å². The molecule has 0 fully saturated rings. The normalized spacial score (nSPS) is 11.8. The topological polar surface area (TPSA) is 83.2 Å². The van der Waals surface area contributed by atoms with Gasteiger partial charge in [-0.05, 0) is 29.8 Å². The van der Waals surface area contributed by atoms with Crippen LogP contribution in [0.1, 0.15) is 12.5 Å². The second-order valence-electron chi connectivity index (χ2n) is 6.16. The Morgan fingerprint density at radius 3 is 2.70 bits per heavy atom. The number of methoxy groups -OCH3 is 1. The summed E-state index contributed by atoms with van der Waals surface area (Å²) in [6, 6.07) is 12.1. The number of amides is 2. The van der Waals surface area contributed by atoms with Crippen LogP contribution in [0.15, 0.2) is 48.7 Å². The van der Waals surface area contributed by atoms with E-state index >= 15 is 0 Å². The average molecular weight is 386 g/mol. The summed E-state index contributed by atoms with van der Waals surface area (Å²) in [7, 11) is 1.52. The minimum Gasteiger partial charge on any atom is -0.495 e. The Hall–Kier alpha value is -2.99. The average Bonchev–Trinajstić information content (AvgIpc) is 3.04. The molecular formula is C20H20ClN3O3. The van der Waals surface area contributed by atoms with E-state index in [0.29, 0.717) is 22.9 Å². The van der Waals surface area contributed by atoms with Crippen molar-refractivity contribution in [1.82, 2.24) is 10.3 Å². The van der Waals surface area contributed by atoms with E-state index < -0.39 is 6.04 Å². The van der Waals surface area contributed by atoms with Gasteiger partial charge in [-0.1, -0.05) is 29.8 Å². The van der Waals surface area contributed by atoms with Crippen LogP contribution in [0.4, 0.5) is 5.69 Å². The third-order valence-electron chi connectivity index (χ3n) is 4.21. The van der Waals surface area contributed by atoms with Crippen molar-refractivity contribution in [3.05, 3.63) is 59.2 Å². The molecule has 0 aliphatic carbocycles. The fourth-order valence-corrected chi connectivity index (χ4v) is 3.21. The highest BCUT2D eigenvalue weighted by molar-refractivity contribution is 6.32. The molecule has 3 aromatic rings. The first kappa shape index (κ1) is 18.8. The quantitative estimate of drug-likeness (QED) is 0.607. The molecule has 0 radical (unpaired) electrons. The Kier molecular flexibility index (Phi) is 5.66. The summed E-state index contributed by atoms with van der Waals surface area (Å²) in [5.41, 5.74) is 2.46.